The van der Waals surface area contributed by atoms with Crippen LogP contribution in [0.15, 0.2) is 88.2 Å². The number of sulfonamides is 1. The largest absolute Gasteiger partial charge is 0.494 e. The molecular formula is C24H24N2O3S. The predicted molar refractivity (Wildman–Crippen MR) is 118 cm³/mol. The van der Waals surface area contributed by atoms with Crippen LogP contribution >= 0.6 is 0 Å². The molecule has 0 N–H and O–H groups in total. The Kier molecular flexibility index (Phi) is 5.86. The first-order chi connectivity index (χ1) is 14.6. The third-order valence-corrected chi connectivity index (χ3v) is 6.38. The highest BCUT2D eigenvalue weighted by molar-refractivity contribution is 7.90. The first-order valence-electron chi connectivity index (χ1n) is 10.0. The van der Waals surface area contributed by atoms with Crippen molar-refractivity contribution in [1.82, 2.24) is 4.90 Å². The van der Waals surface area contributed by atoms with Crippen molar-refractivity contribution in [2.24, 2.45) is 4.40 Å². The monoisotopic (exact) mass is 420 g/mol. The molecule has 3 aromatic carbocycles. The molecule has 0 saturated heterocycles. The quantitative estimate of drug-likeness (QED) is 0.457. The normalized spacial score (nSPS) is 14.3. The molecule has 0 fully saturated rings. The molecule has 0 saturated carbocycles. The minimum atomic E-state index is -3.88. The molecule has 1 aliphatic heterocycles. The van der Waals surface area contributed by atoms with Crippen LogP contribution in [0.5, 0.6) is 5.75 Å². The van der Waals surface area contributed by atoms with Crippen LogP contribution in [0.2, 0.25) is 0 Å². The van der Waals surface area contributed by atoms with Crippen LogP contribution in [0.25, 0.3) is 0 Å². The van der Waals surface area contributed by atoms with Gasteiger partial charge in [0.1, 0.15) is 11.6 Å². The molecule has 1 aliphatic rings. The summed E-state index contributed by atoms with van der Waals surface area (Å²) in [6.45, 7) is 3.75. The second-order valence-electron chi connectivity index (χ2n) is 7.10. The summed E-state index contributed by atoms with van der Waals surface area (Å²) < 4.78 is 35.9. The molecule has 0 amide bonds. The van der Waals surface area contributed by atoms with Crippen LogP contribution in [0.1, 0.15) is 23.6 Å². The SMILES string of the molecule is CCOc1ccc(S(=O)(=O)/N=C(/c2ccccc2)N2CCc3ccccc3C2)cc1. The molecular weight excluding hydrogens is 396 g/mol. The van der Waals surface area contributed by atoms with E-state index in [1.54, 1.807) is 12.1 Å². The van der Waals surface area contributed by atoms with E-state index in [2.05, 4.69) is 16.5 Å². The van der Waals surface area contributed by atoms with E-state index in [1.807, 2.05) is 54.3 Å². The van der Waals surface area contributed by atoms with Gasteiger partial charge in [-0.2, -0.15) is 8.42 Å². The Hall–Kier alpha value is -3.12. The second kappa shape index (κ2) is 8.71. The molecule has 0 radical (unpaired) electrons. The van der Waals surface area contributed by atoms with Gasteiger partial charge in [0.2, 0.25) is 0 Å². The van der Waals surface area contributed by atoms with Crippen molar-refractivity contribution in [2.75, 3.05) is 13.2 Å². The maximum Gasteiger partial charge on any atom is 0.284 e. The van der Waals surface area contributed by atoms with Crippen LogP contribution in [0.4, 0.5) is 0 Å². The fourth-order valence-electron chi connectivity index (χ4n) is 3.60. The Morgan fingerprint density at radius 3 is 2.30 bits per heavy atom. The van der Waals surface area contributed by atoms with Crippen LogP contribution < -0.4 is 4.74 Å². The number of amidine groups is 1. The molecule has 0 atom stereocenters. The van der Waals surface area contributed by atoms with Crippen molar-refractivity contribution in [2.45, 2.75) is 24.8 Å². The Labute approximate surface area is 177 Å². The van der Waals surface area contributed by atoms with Gasteiger partial charge in [-0.15, -0.1) is 4.40 Å². The number of benzene rings is 3. The molecule has 0 spiro atoms. The highest BCUT2D eigenvalue weighted by atomic mass is 32.2. The second-order valence-corrected chi connectivity index (χ2v) is 8.70. The molecule has 154 valence electrons. The maximum absolute atomic E-state index is 13.1. The van der Waals surface area contributed by atoms with E-state index in [0.717, 1.165) is 12.0 Å². The molecule has 3 aromatic rings. The first kappa shape index (κ1) is 20.2. The van der Waals surface area contributed by atoms with Crippen LogP contribution in [0.3, 0.4) is 0 Å². The molecule has 1 heterocycles. The van der Waals surface area contributed by atoms with Gasteiger partial charge in [-0.25, -0.2) is 0 Å². The van der Waals surface area contributed by atoms with Crippen LogP contribution in [-0.2, 0) is 23.0 Å². The molecule has 0 aliphatic carbocycles. The van der Waals surface area contributed by atoms with E-state index in [0.29, 0.717) is 31.3 Å². The smallest absolute Gasteiger partial charge is 0.284 e. The summed E-state index contributed by atoms with van der Waals surface area (Å²) in [6.07, 6.45) is 0.852. The van der Waals surface area contributed by atoms with Gasteiger partial charge in [0, 0.05) is 18.7 Å². The summed E-state index contributed by atoms with van der Waals surface area (Å²) in [5, 5.41) is 0. The highest BCUT2D eigenvalue weighted by Gasteiger charge is 2.23. The fourth-order valence-corrected chi connectivity index (χ4v) is 4.63. The minimum Gasteiger partial charge on any atom is -0.494 e. The van der Waals surface area contributed by atoms with E-state index in [4.69, 9.17) is 4.74 Å². The fraction of sp³-hybridized carbons (Fsp3) is 0.208. The lowest BCUT2D eigenvalue weighted by atomic mass is 9.99. The lowest BCUT2D eigenvalue weighted by Crippen LogP contribution is -2.37. The van der Waals surface area contributed by atoms with Gasteiger partial charge >= 0.3 is 0 Å². The van der Waals surface area contributed by atoms with Crippen molar-refractivity contribution in [3.8, 4) is 5.75 Å². The molecule has 0 aromatic heterocycles. The molecule has 0 unspecified atom stereocenters. The van der Waals surface area contributed by atoms with Crippen LogP contribution in [-0.4, -0.2) is 32.3 Å². The molecule has 4 rings (SSSR count). The third kappa shape index (κ3) is 4.39. The number of ether oxygens (including phenoxy) is 1. The highest BCUT2D eigenvalue weighted by Crippen LogP contribution is 2.23. The van der Waals surface area contributed by atoms with Gasteiger partial charge < -0.3 is 9.64 Å². The summed E-state index contributed by atoms with van der Waals surface area (Å²) in [6, 6.07) is 24.2. The summed E-state index contributed by atoms with van der Waals surface area (Å²) >= 11 is 0. The number of rotatable bonds is 5. The third-order valence-electron chi connectivity index (χ3n) is 5.10. The molecule has 6 heteroatoms. The number of hydrogen-bond acceptors (Lipinski definition) is 3. The zero-order valence-corrected chi connectivity index (χ0v) is 17.7. The predicted octanol–water partition coefficient (Wildman–Crippen LogP) is 4.28. The average molecular weight is 421 g/mol. The van der Waals surface area contributed by atoms with E-state index < -0.39 is 10.0 Å². The van der Waals surface area contributed by atoms with Gasteiger partial charge in [-0.05, 0) is 48.7 Å². The number of hydrogen-bond donors (Lipinski definition) is 0. The Balaban J connectivity index is 1.72. The van der Waals surface area contributed by atoms with Crippen molar-refractivity contribution in [3.63, 3.8) is 0 Å². The molecule has 5 nitrogen and oxygen atoms in total. The standard InChI is InChI=1S/C24H24N2O3S/c1-2-29-22-12-14-23(15-13-22)30(27,28)25-24(20-9-4-3-5-10-20)26-17-16-19-8-6-7-11-21(19)18-26/h3-15H,2,16-18H2,1H3/b25-24-. The van der Waals surface area contributed by atoms with Crippen molar-refractivity contribution in [1.29, 1.82) is 0 Å². The summed E-state index contributed by atoms with van der Waals surface area (Å²) in [5.41, 5.74) is 3.28. The molecule has 0 bridgehead atoms. The Morgan fingerprint density at radius 1 is 0.933 bits per heavy atom. The number of nitrogens with zero attached hydrogens (tertiary/aromatic N) is 2. The van der Waals surface area contributed by atoms with E-state index in [1.165, 1.54) is 23.3 Å². The van der Waals surface area contributed by atoms with Gasteiger partial charge in [0.15, 0.2) is 0 Å². The first-order valence-corrected chi connectivity index (χ1v) is 11.5. The van der Waals surface area contributed by atoms with Crippen molar-refractivity contribution in [3.05, 3.63) is 95.6 Å². The lowest BCUT2D eigenvalue weighted by molar-refractivity contribution is 0.340. The van der Waals surface area contributed by atoms with Crippen LogP contribution in [0, 0.1) is 0 Å². The van der Waals surface area contributed by atoms with Gasteiger partial charge in [-0.3, -0.25) is 0 Å². The van der Waals surface area contributed by atoms with E-state index >= 15 is 0 Å². The summed E-state index contributed by atoms with van der Waals surface area (Å²) in [4.78, 5) is 2.20. The zero-order valence-electron chi connectivity index (χ0n) is 16.9. The minimum absolute atomic E-state index is 0.150. The summed E-state index contributed by atoms with van der Waals surface area (Å²) in [5.74, 6) is 1.11. The summed E-state index contributed by atoms with van der Waals surface area (Å²) in [7, 11) is -3.88. The lowest BCUT2D eigenvalue weighted by Gasteiger charge is -2.31. The zero-order chi connectivity index (χ0) is 21.0. The van der Waals surface area contributed by atoms with Gasteiger partial charge in [0.25, 0.3) is 10.0 Å². The average Bonchev–Trinajstić information content (AvgIpc) is 2.78. The Bertz CT molecular complexity index is 1140. The van der Waals surface area contributed by atoms with Gasteiger partial charge in [0.05, 0.1) is 11.5 Å². The van der Waals surface area contributed by atoms with Gasteiger partial charge in [-0.1, -0.05) is 54.6 Å². The topological polar surface area (TPSA) is 59.0 Å². The van der Waals surface area contributed by atoms with E-state index in [-0.39, 0.29) is 4.90 Å². The van der Waals surface area contributed by atoms with E-state index in [9.17, 15) is 8.42 Å². The Morgan fingerprint density at radius 2 is 1.60 bits per heavy atom. The molecule has 30 heavy (non-hydrogen) atoms. The van der Waals surface area contributed by atoms with Crippen molar-refractivity contribution < 1.29 is 13.2 Å². The van der Waals surface area contributed by atoms with Crippen molar-refractivity contribution >= 4 is 15.9 Å². The number of fused-ring (bicyclic) bond motifs is 1. The maximum atomic E-state index is 13.1.